The van der Waals surface area contributed by atoms with E-state index in [1.807, 2.05) is 6.07 Å². The summed E-state index contributed by atoms with van der Waals surface area (Å²) in [7, 11) is 0. The van der Waals surface area contributed by atoms with Gasteiger partial charge in [-0.2, -0.15) is 0 Å². The molecule has 1 aliphatic carbocycles. The van der Waals surface area contributed by atoms with Crippen LogP contribution in [-0.2, 0) is 6.42 Å². The van der Waals surface area contributed by atoms with Crippen LogP contribution in [0.1, 0.15) is 28.2 Å². The number of allylic oxidation sites excluding steroid dienone is 1. The van der Waals surface area contributed by atoms with Crippen molar-refractivity contribution in [3.05, 3.63) is 107 Å². The maximum Gasteiger partial charge on any atom is 0.135 e. The van der Waals surface area contributed by atoms with Crippen molar-refractivity contribution in [1.82, 2.24) is 0 Å². The van der Waals surface area contributed by atoms with Crippen LogP contribution in [0.15, 0.2) is 84.4 Å². The second-order valence-corrected chi connectivity index (χ2v) is 6.17. The third-order valence-electron chi connectivity index (χ3n) is 4.86. The highest BCUT2D eigenvalue weighted by Crippen LogP contribution is 2.50. The zero-order valence-electron chi connectivity index (χ0n) is 12.7. The molecule has 3 aromatic rings. The minimum absolute atomic E-state index is 0.281. The molecule has 1 aliphatic heterocycles. The van der Waals surface area contributed by atoms with E-state index in [2.05, 4.69) is 72.8 Å². The molecule has 0 aromatic heterocycles. The van der Waals surface area contributed by atoms with Crippen LogP contribution in [0.25, 0.3) is 5.76 Å². The molecule has 0 saturated heterocycles. The van der Waals surface area contributed by atoms with Gasteiger partial charge in [0.15, 0.2) is 0 Å². The van der Waals surface area contributed by atoms with Crippen LogP contribution in [-0.4, -0.2) is 0 Å². The van der Waals surface area contributed by atoms with Crippen molar-refractivity contribution in [2.45, 2.75) is 12.3 Å². The molecule has 0 saturated carbocycles. The quantitative estimate of drug-likeness (QED) is 0.601. The fraction of sp³-hybridized carbons (Fsp3) is 0.0909. The van der Waals surface area contributed by atoms with Crippen LogP contribution >= 0.6 is 0 Å². The summed E-state index contributed by atoms with van der Waals surface area (Å²) in [4.78, 5) is 0. The molecule has 0 fully saturated rings. The van der Waals surface area contributed by atoms with Crippen molar-refractivity contribution in [2.75, 3.05) is 0 Å². The highest BCUT2D eigenvalue weighted by atomic mass is 16.5. The molecule has 0 radical (unpaired) electrons. The number of para-hydroxylation sites is 1. The molecule has 1 heterocycles. The Morgan fingerprint density at radius 2 is 1.48 bits per heavy atom. The molecule has 23 heavy (non-hydrogen) atoms. The lowest BCUT2D eigenvalue weighted by Gasteiger charge is -2.28. The van der Waals surface area contributed by atoms with E-state index < -0.39 is 0 Å². The standard InChI is InChI=1S/C22H16O/c1-2-8-15(9-3-1)21-18-12-6-7-13-20(18)23-22-17-11-5-4-10-16(17)14-19(21)22/h1-13,21H,14H2. The maximum atomic E-state index is 6.31. The predicted molar refractivity (Wildman–Crippen MR) is 92.4 cm³/mol. The first-order valence-corrected chi connectivity index (χ1v) is 8.05. The first-order chi connectivity index (χ1) is 11.4. The Labute approximate surface area is 135 Å². The van der Waals surface area contributed by atoms with Crippen molar-refractivity contribution in [1.29, 1.82) is 0 Å². The lowest BCUT2D eigenvalue weighted by molar-refractivity contribution is 0.486. The zero-order valence-corrected chi connectivity index (χ0v) is 12.7. The summed E-state index contributed by atoms with van der Waals surface area (Å²) >= 11 is 0. The number of benzene rings is 3. The second-order valence-electron chi connectivity index (χ2n) is 6.17. The average Bonchev–Trinajstić information content (AvgIpc) is 2.98. The number of hydrogen-bond donors (Lipinski definition) is 0. The first kappa shape index (κ1) is 12.7. The largest absolute Gasteiger partial charge is 0.456 e. The van der Waals surface area contributed by atoms with Gasteiger partial charge in [0.25, 0.3) is 0 Å². The molecule has 0 amide bonds. The van der Waals surface area contributed by atoms with E-state index in [4.69, 9.17) is 4.74 Å². The van der Waals surface area contributed by atoms with Gasteiger partial charge >= 0.3 is 0 Å². The van der Waals surface area contributed by atoms with Crippen LogP contribution in [0, 0.1) is 0 Å². The Balaban J connectivity index is 1.75. The van der Waals surface area contributed by atoms with E-state index in [0.717, 1.165) is 17.9 Å². The van der Waals surface area contributed by atoms with Gasteiger partial charge in [0.05, 0.1) is 0 Å². The van der Waals surface area contributed by atoms with Crippen LogP contribution in [0.5, 0.6) is 5.75 Å². The van der Waals surface area contributed by atoms with E-state index >= 15 is 0 Å². The summed E-state index contributed by atoms with van der Waals surface area (Å²) < 4.78 is 6.31. The Morgan fingerprint density at radius 1 is 0.739 bits per heavy atom. The van der Waals surface area contributed by atoms with Crippen LogP contribution in [0.4, 0.5) is 0 Å². The van der Waals surface area contributed by atoms with Gasteiger partial charge in [0.1, 0.15) is 11.5 Å². The topological polar surface area (TPSA) is 9.23 Å². The lowest BCUT2D eigenvalue weighted by Crippen LogP contribution is -2.14. The van der Waals surface area contributed by atoms with E-state index in [-0.39, 0.29) is 5.92 Å². The van der Waals surface area contributed by atoms with E-state index in [1.54, 1.807) is 0 Å². The molecule has 0 bridgehead atoms. The molecular weight excluding hydrogens is 280 g/mol. The molecule has 1 atom stereocenters. The third-order valence-corrected chi connectivity index (χ3v) is 4.86. The number of hydrogen-bond acceptors (Lipinski definition) is 1. The molecule has 5 rings (SSSR count). The monoisotopic (exact) mass is 296 g/mol. The molecular formula is C22H16O. The Hall–Kier alpha value is -2.80. The van der Waals surface area contributed by atoms with E-state index in [0.29, 0.717) is 0 Å². The SMILES string of the molecule is c1ccc(C2C3=C(Oc4ccccc42)c2ccccc2C3)cc1. The highest BCUT2D eigenvalue weighted by Gasteiger charge is 2.35. The summed E-state index contributed by atoms with van der Waals surface area (Å²) in [5.41, 5.74) is 6.61. The fourth-order valence-electron chi connectivity index (χ4n) is 3.84. The third kappa shape index (κ3) is 1.86. The smallest absolute Gasteiger partial charge is 0.135 e. The van der Waals surface area contributed by atoms with Gasteiger partial charge in [-0.15, -0.1) is 0 Å². The van der Waals surface area contributed by atoms with Crippen LogP contribution in [0.2, 0.25) is 0 Å². The minimum atomic E-state index is 0.281. The summed E-state index contributed by atoms with van der Waals surface area (Å²) in [5, 5.41) is 0. The fourth-order valence-corrected chi connectivity index (χ4v) is 3.84. The zero-order chi connectivity index (χ0) is 15.2. The second kappa shape index (κ2) is 4.85. The summed E-state index contributed by atoms with van der Waals surface area (Å²) in [6.07, 6.45) is 0.972. The molecule has 110 valence electrons. The highest BCUT2D eigenvalue weighted by molar-refractivity contribution is 5.78. The first-order valence-electron chi connectivity index (χ1n) is 8.05. The Morgan fingerprint density at radius 3 is 2.39 bits per heavy atom. The van der Waals surface area contributed by atoms with E-state index in [9.17, 15) is 0 Å². The van der Waals surface area contributed by atoms with Crippen molar-refractivity contribution < 1.29 is 4.74 Å². The van der Waals surface area contributed by atoms with Gasteiger partial charge < -0.3 is 4.74 Å². The summed E-state index contributed by atoms with van der Waals surface area (Å²) in [6, 6.07) is 27.8. The molecule has 1 nitrogen and oxygen atoms in total. The number of rotatable bonds is 1. The van der Waals surface area contributed by atoms with Gasteiger partial charge in [-0.1, -0.05) is 72.8 Å². The normalized spacial score (nSPS) is 18.0. The molecule has 2 aliphatic rings. The molecule has 0 spiro atoms. The molecule has 1 unspecified atom stereocenters. The predicted octanol–water partition coefficient (Wildman–Crippen LogP) is 5.18. The Kier molecular flexibility index (Phi) is 2.68. The van der Waals surface area contributed by atoms with Gasteiger partial charge in [-0.3, -0.25) is 0 Å². The summed E-state index contributed by atoms with van der Waals surface area (Å²) in [6.45, 7) is 0. The lowest BCUT2D eigenvalue weighted by atomic mass is 9.82. The van der Waals surface area contributed by atoms with Gasteiger partial charge in [0, 0.05) is 17.0 Å². The minimum Gasteiger partial charge on any atom is -0.456 e. The maximum absolute atomic E-state index is 6.31. The van der Waals surface area contributed by atoms with Crippen LogP contribution < -0.4 is 4.74 Å². The average molecular weight is 296 g/mol. The van der Waals surface area contributed by atoms with Crippen molar-refractivity contribution >= 4 is 5.76 Å². The van der Waals surface area contributed by atoms with Gasteiger partial charge in [0.2, 0.25) is 0 Å². The van der Waals surface area contributed by atoms with Crippen LogP contribution in [0.3, 0.4) is 0 Å². The summed E-state index contributed by atoms with van der Waals surface area (Å²) in [5.74, 6) is 2.33. The van der Waals surface area contributed by atoms with Gasteiger partial charge in [-0.05, 0) is 29.2 Å². The Bertz CT molecular complexity index is 921. The molecule has 0 N–H and O–H groups in total. The molecule has 3 aromatic carbocycles. The van der Waals surface area contributed by atoms with Gasteiger partial charge in [-0.25, -0.2) is 0 Å². The number of fused-ring (bicyclic) bond motifs is 3. The molecule has 1 heteroatoms. The number of ether oxygens (including phenoxy) is 1. The van der Waals surface area contributed by atoms with Crippen molar-refractivity contribution in [2.24, 2.45) is 0 Å². The van der Waals surface area contributed by atoms with Crippen molar-refractivity contribution in [3.63, 3.8) is 0 Å². The van der Waals surface area contributed by atoms with Crippen molar-refractivity contribution in [3.8, 4) is 5.75 Å². The van der Waals surface area contributed by atoms with E-state index in [1.165, 1.54) is 27.8 Å².